The first kappa shape index (κ1) is 39.2. The van der Waals surface area contributed by atoms with Crippen molar-refractivity contribution in [2.24, 2.45) is 0 Å². The highest BCUT2D eigenvalue weighted by atomic mass is 15.0. The molecule has 2 nitrogen and oxygen atoms in total. The lowest BCUT2D eigenvalue weighted by Crippen LogP contribution is -2.15. The van der Waals surface area contributed by atoms with Gasteiger partial charge in [-0.05, 0) is 133 Å². The molecule has 0 aliphatic heterocycles. The molecule has 0 radical (unpaired) electrons. The summed E-state index contributed by atoms with van der Waals surface area (Å²) in [5.74, 6) is 0.316. The lowest BCUT2D eigenvalue weighted by atomic mass is 9.82. The van der Waals surface area contributed by atoms with Gasteiger partial charge in [0.1, 0.15) is 0 Å². The maximum atomic E-state index is 2.57. The molecule has 9 aromatic carbocycles. The van der Waals surface area contributed by atoms with E-state index in [1.54, 1.807) is 0 Å². The molecule has 0 saturated heterocycles. The quantitative estimate of drug-likeness (QED) is 0.163. The SMILES string of the molecule is CC1(C)c2ccccc2-c2cc3c4c(n(-c5ccc(-c6ccc(-n7c8cc(-c9ccccc9)ccc8c8cc9c(cc87)C(C)(C)c7ccccc7-9)cc6)cc5)c3cc21)CC(c1ccccc1)C=C4. The number of aromatic nitrogens is 2. The number of hydrogen-bond donors (Lipinski definition) is 0. The van der Waals surface area contributed by atoms with Crippen LogP contribution < -0.4 is 0 Å². The highest BCUT2D eigenvalue weighted by Crippen LogP contribution is 2.53. The van der Waals surface area contributed by atoms with Crippen LogP contribution in [0, 0.1) is 0 Å². The summed E-state index contributed by atoms with van der Waals surface area (Å²) in [4.78, 5) is 0. The second kappa shape index (κ2) is 14.3. The molecule has 3 aliphatic carbocycles. The van der Waals surface area contributed by atoms with E-state index in [2.05, 4.69) is 249 Å². The molecular weight excluding hydrogens is 821 g/mol. The summed E-state index contributed by atoms with van der Waals surface area (Å²) in [6.07, 6.45) is 5.77. The van der Waals surface area contributed by atoms with Crippen molar-refractivity contribution in [3.8, 4) is 55.9 Å². The van der Waals surface area contributed by atoms with Gasteiger partial charge in [0, 0.05) is 55.5 Å². The Morgan fingerprint density at radius 1 is 0.382 bits per heavy atom. The largest absolute Gasteiger partial charge is 0.313 e. The van der Waals surface area contributed by atoms with E-state index in [4.69, 9.17) is 0 Å². The van der Waals surface area contributed by atoms with Gasteiger partial charge in [-0.1, -0.05) is 185 Å². The van der Waals surface area contributed by atoms with Crippen molar-refractivity contribution in [3.63, 3.8) is 0 Å². The van der Waals surface area contributed by atoms with Gasteiger partial charge in [-0.25, -0.2) is 0 Å². The lowest BCUT2D eigenvalue weighted by Gasteiger charge is -2.22. The van der Waals surface area contributed by atoms with E-state index in [1.165, 1.54) is 122 Å². The molecule has 0 spiro atoms. The Hall–Kier alpha value is -7.94. The second-order valence-corrected chi connectivity index (χ2v) is 20.5. The molecule has 1 unspecified atom stereocenters. The van der Waals surface area contributed by atoms with Gasteiger partial charge in [-0.3, -0.25) is 0 Å². The first-order chi connectivity index (χ1) is 33.2. The summed E-state index contributed by atoms with van der Waals surface area (Å²) in [5, 5.41) is 3.88. The molecule has 0 fully saturated rings. The fourth-order valence-corrected chi connectivity index (χ4v) is 12.6. The first-order valence-corrected chi connectivity index (χ1v) is 24.3. The van der Waals surface area contributed by atoms with E-state index < -0.39 is 0 Å². The van der Waals surface area contributed by atoms with Gasteiger partial charge in [0.05, 0.1) is 16.6 Å². The Balaban J connectivity index is 0.880. The highest BCUT2D eigenvalue weighted by Gasteiger charge is 2.38. The molecule has 3 aliphatic rings. The third kappa shape index (κ3) is 5.58. The van der Waals surface area contributed by atoms with Crippen LogP contribution in [0.25, 0.3) is 94.7 Å². The zero-order valence-electron chi connectivity index (χ0n) is 38.9. The van der Waals surface area contributed by atoms with Crippen molar-refractivity contribution in [2.75, 3.05) is 0 Å². The molecule has 68 heavy (non-hydrogen) atoms. The molecule has 0 N–H and O–H groups in total. The molecule has 2 heteroatoms. The monoisotopic (exact) mass is 870 g/mol. The fourth-order valence-electron chi connectivity index (χ4n) is 12.6. The minimum atomic E-state index is -0.0956. The second-order valence-electron chi connectivity index (χ2n) is 20.5. The summed E-state index contributed by atoms with van der Waals surface area (Å²) in [6.45, 7) is 9.53. The van der Waals surface area contributed by atoms with Gasteiger partial charge in [0.15, 0.2) is 0 Å². The van der Waals surface area contributed by atoms with E-state index in [1.807, 2.05) is 0 Å². The van der Waals surface area contributed by atoms with Crippen LogP contribution >= 0.6 is 0 Å². The summed E-state index contributed by atoms with van der Waals surface area (Å²) in [5.41, 5.74) is 25.9. The van der Waals surface area contributed by atoms with E-state index in [0.717, 1.165) is 12.1 Å². The zero-order valence-corrected chi connectivity index (χ0v) is 38.9. The minimum absolute atomic E-state index is 0.0833. The predicted molar refractivity (Wildman–Crippen MR) is 286 cm³/mol. The van der Waals surface area contributed by atoms with Gasteiger partial charge in [0.2, 0.25) is 0 Å². The molecule has 324 valence electrons. The van der Waals surface area contributed by atoms with Crippen LogP contribution in [0.4, 0.5) is 0 Å². The summed E-state index contributed by atoms with van der Waals surface area (Å²) in [6, 6.07) is 75.2. The van der Waals surface area contributed by atoms with Crippen LogP contribution in [0.1, 0.15) is 72.7 Å². The Bertz CT molecular complexity index is 3890. The number of nitrogens with zero attached hydrogens (tertiary/aromatic N) is 2. The average Bonchev–Trinajstić information content (AvgIpc) is 4.03. The number of allylic oxidation sites excluding steroid dienone is 1. The Labute approximate surface area is 398 Å². The van der Waals surface area contributed by atoms with Crippen molar-refractivity contribution >= 4 is 38.8 Å². The van der Waals surface area contributed by atoms with E-state index >= 15 is 0 Å². The predicted octanol–water partition coefficient (Wildman–Crippen LogP) is 17.0. The van der Waals surface area contributed by atoms with E-state index in [-0.39, 0.29) is 10.8 Å². The molecule has 2 heterocycles. The summed E-state index contributed by atoms with van der Waals surface area (Å²) >= 11 is 0. The first-order valence-electron chi connectivity index (χ1n) is 24.3. The standard InChI is InChI=1S/C66H50N2/c1-65(2)57-21-13-11-19-49(57)53-37-55-51-33-27-45(41-15-7-5-8-16-41)35-61(51)67(63(55)39-59(53)65)47-29-23-43(24-30-47)44-25-31-48(32-26-44)68-62-36-46(42-17-9-6-10-18-42)28-34-52(62)56-38-54-50-20-12-14-22-58(50)66(3,4)60(54)40-64(56)68/h5-35,37-40,46H,36H2,1-4H3. The molecule has 1 atom stereocenters. The number of benzene rings is 9. The topological polar surface area (TPSA) is 9.86 Å². The Kier molecular flexibility index (Phi) is 8.24. The van der Waals surface area contributed by atoms with E-state index in [9.17, 15) is 0 Å². The normalized spacial score (nSPS) is 15.9. The number of rotatable bonds is 5. The zero-order chi connectivity index (χ0) is 45.5. The van der Waals surface area contributed by atoms with Gasteiger partial charge in [-0.2, -0.15) is 0 Å². The highest BCUT2D eigenvalue weighted by molar-refractivity contribution is 6.12. The molecule has 0 saturated carbocycles. The van der Waals surface area contributed by atoms with Gasteiger partial charge < -0.3 is 9.13 Å². The minimum Gasteiger partial charge on any atom is -0.313 e. The molecule has 0 amide bonds. The molecule has 14 rings (SSSR count). The molecule has 2 aromatic heterocycles. The summed E-state index contributed by atoms with van der Waals surface area (Å²) < 4.78 is 5.07. The summed E-state index contributed by atoms with van der Waals surface area (Å²) in [7, 11) is 0. The van der Waals surface area contributed by atoms with Crippen molar-refractivity contribution in [1.82, 2.24) is 9.13 Å². The van der Waals surface area contributed by atoms with Gasteiger partial charge in [0.25, 0.3) is 0 Å². The molecule has 0 bridgehead atoms. The average molecular weight is 871 g/mol. The smallest absolute Gasteiger partial charge is 0.0547 e. The third-order valence-corrected chi connectivity index (χ3v) is 16.1. The fraction of sp³-hybridized carbons (Fsp3) is 0.121. The number of hydrogen-bond acceptors (Lipinski definition) is 0. The van der Waals surface area contributed by atoms with Gasteiger partial charge in [-0.15, -0.1) is 0 Å². The maximum Gasteiger partial charge on any atom is 0.0547 e. The Morgan fingerprint density at radius 2 is 0.868 bits per heavy atom. The molecular formula is C66H50N2. The maximum absolute atomic E-state index is 2.57. The number of fused-ring (bicyclic) bond motifs is 12. The van der Waals surface area contributed by atoms with Crippen molar-refractivity contribution in [3.05, 3.63) is 245 Å². The Morgan fingerprint density at radius 3 is 1.49 bits per heavy atom. The van der Waals surface area contributed by atoms with Crippen molar-refractivity contribution in [2.45, 2.75) is 50.9 Å². The van der Waals surface area contributed by atoms with Crippen LogP contribution in [0.2, 0.25) is 0 Å². The van der Waals surface area contributed by atoms with Crippen LogP contribution in [0.3, 0.4) is 0 Å². The van der Waals surface area contributed by atoms with Crippen LogP contribution in [-0.4, -0.2) is 9.13 Å². The lowest BCUT2D eigenvalue weighted by molar-refractivity contribution is 0.660. The van der Waals surface area contributed by atoms with Crippen LogP contribution in [0.5, 0.6) is 0 Å². The van der Waals surface area contributed by atoms with Crippen LogP contribution in [-0.2, 0) is 17.3 Å². The third-order valence-electron chi connectivity index (χ3n) is 16.1. The molecule has 11 aromatic rings. The van der Waals surface area contributed by atoms with Crippen molar-refractivity contribution in [1.29, 1.82) is 0 Å². The van der Waals surface area contributed by atoms with Gasteiger partial charge >= 0.3 is 0 Å². The van der Waals surface area contributed by atoms with Crippen molar-refractivity contribution < 1.29 is 0 Å². The van der Waals surface area contributed by atoms with E-state index in [0.29, 0.717) is 5.92 Å². The van der Waals surface area contributed by atoms with Crippen LogP contribution in [0.15, 0.2) is 206 Å².